The summed E-state index contributed by atoms with van der Waals surface area (Å²) in [7, 11) is -3.37. The second-order valence-corrected chi connectivity index (χ2v) is 10.6. The molecule has 1 aromatic carbocycles. The van der Waals surface area contributed by atoms with Crippen molar-refractivity contribution in [2.24, 2.45) is 0 Å². The van der Waals surface area contributed by atoms with Crippen LogP contribution in [0.3, 0.4) is 0 Å². The van der Waals surface area contributed by atoms with E-state index in [2.05, 4.69) is 10.3 Å². The number of fused-ring (bicyclic) bond motifs is 1. The van der Waals surface area contributed by atoms with Gasteiger partial charge in [0.05, 0.1) is 31.6 Å². The van der Waals surface area contributed by atoms with Gasteiger partial charge in [-0.05, 0) is 30.7 Å². The number of thiophene rings is 1. The number of halogens is 1. The van der Waals surface area contributed by atoms with E-state index in [1.54, 1.807) is 37.3 Å². The van der Waals surface area contributed by atoms with Crippen molar-refractivity contribution in [3.05, 3.63) is 56.9 Å². The fourth-order valence-electron chi connectivity index (χ4n) is 2.94. The highest BCUT2D eigenvalue weighted by Crippen LogP contribution is 2.36. The zero-order valence-corrected chi connectivity index (χ0v) is 16.7. The molecule has 1 amide bonds. The van der Waals surface area contributed by atoms with Crippen LogP contribution in [0.25, 0.3) is 9.88 Å². The zero-order valence-electron chi connectivity index (χ0n) is 13.5. The number of nitrogens with zero attached hydrogens (tertiary/aromatic N) is 1. The molecule has 0 bridgehead atoms. The van der Waals surface area contributed by atoms with Gasteiger partial charge >= 0.3 is 0 Å². The SMILES string of the molecule is Cc1nc(-c2ccc(Cl)s2)sc1C(=O)N[C@@H]1CS(=O)(=O)c2ccccc21. The third-order valence-electron chi connectivity index (χ3n) is 4.11. The second kappa shape index (κ2) is 6.45. The number of thiazole rings is 1. The monoisotopic (exact) mass is 424 g/mol. The topological polar surface area (TPSA) is 76.1 Å². The summed E-state index contributed by atoms with van der Waals surface area (Å²) in [5.41, 5.74) is 1.24. The van der Waals surface area contributed by atoms with Crippen LogP contribution in [0.4, 0.5) is 0 Å². The molecule has 5 nitrogen and oxygen atoms in total. The maximum atomic E-state index is 12.7. The Bertz CT molecular complexity index is 1120. The number of hydrogen-bond donors (Lipinski definition) is 1. The van der Waals surface area contributed by atoms with Crippen molar-refractivity contribution in [3.63, 3.8) is 0 Å². The van der Waals surface area contributed by atoms with E-state index in [4.69, 9.17) is 11.6 Å². The molecule has 0 aliphatic carbocycles. The highest BCUT2D eigenvalue weighted by Gasteiger charge is 2.35. The molecule has 0 spiro atoms. The Kier molecular flexibility index (Phi) is 4.38. The van der Waals surface area contributed by atoms with Crippen LogP contribution in [0.15, 0.2) is 41.3 Å². The Morgan fingerprint density at radius 2 is 2.00 bits per heavy atom. The Morgan fingerprint density at radius 1 is 1.23 bits per heavy atom. The van der Waals surface area contributed by atoms with Gasteiger partial charge in [0, 0.05) is 0 Å². The Balaban J connectivity index is 1.61. The lowest BCUT2D eigenvalue weighted by Gasteiger charge is -2.12. The van der Waals surface area contributed by atoms with Crippen LogP contribution in [-0.4, -0.2) is 25.1 Å². The largest absolute Gasteiger partial charge is 0.343 e. The van der Waals surface area contributed by atoms with Crippen LogP contribution in [-0.2, 0) is 9.84 Å². The Labute approximate surface area is 163 Å². The van der Waals surface area contributed by atoms with Crippen LogP contribution < -0.4 is 5.32 Å². The van der Waals surface area contributed by atoms with Gasteiger partial charge in [0.15, 0.2) is 9.84 Å². The van der Waals surface area contributed by atoms with Gasteiger partial charge in [-0.1, -0.05) is 29.8 Å². The first kappa shape index (κ1) is 17.7. The van der Waals surface area contributed by atoms with Crippen molar-refractivity contribution in [1.82, 2.24) is 10.3 Å². The molecule has 26 heavy (non-hydrogen) atoms. The molecule has 0 saturated heterocycles. The molecule has 0 saturated carbocycles. The van der Waals surface area contributed by atoms with Crippen molar-refractivity contribution in [3.8, 4) is 9.88 Å². The number of carbonyl (C=O) groups is 1. The lowest BCUT2D eigenvalue weighted by atomic mass is 10.1. The van der Waals surface area contributed by atoms with Gasteiger partial charge in [0.2, 0.25) is 0 Å². The smallest absolute Gasteiger partial charge is 0.263 e. The van der Waals surface area contributed by atoms with Gasteiger partial charge in [-0.15, -0.1) is 22.7 Å². The average Bonchev–Trinajstić information content (AvgIpc) is 3.25. The summed E-state index contributed by atoms with van der Waals surface area (Å²) < 4.78 is 25.2. The van der Waals surface area contributed by atoms with E-state index in [0.29, 0.717) is 25.4 Å². The molecule has 1 aliphatic heterocycles. The molecule has 134 valence electrons. The zero-order chi connectivity index (χ0) is 18.5. The number of hydrogen-bond acceptors (Lipinski definition) is 6. The molecule has 1 aliphatic rings. The molecule has 3 heterocycles. The molecule has 1 atom stereocenters. The summed E-state index contributed by atoms with van der Waals surface area (Å²) in [6.07, 6.45) is 0. The highest BCUT2D eigenvalue weighted by atomic mass is 35.5. The number of aromatic nitrogens is 1. The van der Waals surface area contributed by atoms with Crippen LogP contribution in [0.1, 0.15) is 27.0 Å². The molecule has 1 N–H and O–H groups in total. The minimum absolute atomic E-state index is 0.122. The fourth-order valence-corrected chi connectivity index (χ4v) is 6.74. The van der Waals surface area contributed by atoms with Crippen molar-refractivity contribution < 1.29 is 13.2 Å². The van der Waals surface area contributed by atoms with Gasteiger partial charge in [-0.3, -0.25) is 4.79 Å². The fraction of sp³-hybridized carbons (Fsp3) is 0.176. The predicted octanol–water partition coefficient (Wildman–Crippen LogP) is 4.09. The van der Waals surface area contributed by atoms with Crippen molar-refractivity contribution in [2.45, 2.75) is 17.9 Å². The van der Waals surface area contributed by atoms with Crippen molar-refractivity contribution in [2.75, 3.05) is 5.75 Å². The first-order valence-electron chi connectivity index (χ1n) is 7.71. The second-order valence-electron chi connectivity index (χ2n) is 5.88. The molecule has 3 aromatic rings. The van der Waals surface area contributed by atoms with Crippen LogP contribution in [0.5, 0.6) is 0 Å². The Hall–Kier alpha value is -1.74. The third kappa shape index (κ3) is 3.07. The van der Waals surface area contributed by atoms with E-state index >= 15 is 0 Å². The highest BCUT2D eigenvalue weighted by molar-refractivity contribution is 7.91. The van der Waals surface area contributed by atoms with E-state index in [9.17, 15) is 13.2 Å². The quantitative estimate of drug-likeness (QED) is 0.686. The predicted molar refractivity (Wildman–Crippen MR) is 104 cm³/mol. The van der Waals surface area contributed by atoms with Crippen LogP contribution in [0.2, 0.25) is 4.34 Å². The van der Waals surface area contributed by atoms with Crippen molar-refractivity contribution >= 4 is 50.0 Å². The summed E-state index contributed by atoms with van der Waals surface area (Å²) in [4.78, 5) is 18.9. The maximum Gasteiger partial charge on any atom is 0.263 e. The number of amides is 1. The average molecular weight is 425 g/mol. The minimum Gasteiger partial charge on any atom is -0.343 e. The summed E-state index contributed by atoms with van der Waals surface area (Å²) in [6.45, 7) is 1.77. The molecular formula is C17H13ClN2O3S3. The lowest BCUT2D eigenvalue weighted by molar-refractivity contribution is 0.0944. The summed E-state index contributed by atoms with van der Waals surface area (Å²) in [5, 5.41) is 3.57. The first-order valence-corrected chi connectivity index (χ1v) is 11.4. The molecular weight excluding hydrogens is 412 g/mol. The molecule has 2 aromatic heterocycles. The van der Waals surface area contributed by atoms with E-state index in [-0.39, 0.29) is 11.7 Å². The number of benzene rings is 1. The number of carbonyl (C=O) groups excluding carboxylic acids is 1. The molecule has 4 rings (SSSR count). The van der Waals surface area contributed by atoms with Gasteiger partial charge in [-0.2, -0.15) is 0 Å². The summed E-state index contributed by atoms with van der Waals surface area (Å²) in [5.74, 6) is -0.436. The van der Waals surface area contributed by atoms with E-state index in [0.717, 1.165) is 9.88 Å². The van der Waals surface area contributed by atoms with E-state index < -0.39 is 15.9 Å². The molecule has 0 radical (unpaired) electrons. The van der Waals surface area contributed by atoms with Crippen LogP contribution in [0, 0.1) is 6.92 Å². The molecule has 0 fully saturated rings. The first-order chi connectivity index (χ1) is 12.3. The van der Waals surface area contributed by atoms with Crippen LogP contribution >= 0.6 is 34.3 Å². The van der Waals surface area contributed by atoms with Gasteiger partial charge in [-0.25, -0.2) is 13.4 Å². The van der Waals surface area contributed by atoms with E-state index in [1.165, 1.54) is 22.7 Å². The lowest BCUT2D eigenvalue weighted by Crippen LogP contribution is -2.29. The third-order valence-corrected chi connectivity index (χ3v) is 8.48. The standard InChI is InChI=1S/C17H13ClN2O3S3/c1-9-15(25-17(19-9)12-6-7-14(18)24-12)16(21)20-11-8-26(22,23)13-5-3-2-4-10(11)13/h2-7,11H,8H2,1H3,(H,20,21)/t11-/m1/s1. The minimum atomic E-state index is -3.37. The molecule has 9 heteroatoms. The van der Waals surface area contributed by atoms with Crippen molar-refractivity contribution in [1.29, 1.82) is 0 Å². The number of nitrogens with one attached hydrogen (secondary N) is 1. The Morgan fingerprint density at radius 3 is 2.73 bits per heavy atom. The van der Waals surface area contributed by atoms with Gasteiger partial charge in [0.25, 0.3) is 5.91 Å². The number of aryl methyl sites for hydroxylation is 1. The maximum absolute atomic E-state index is 12.7. The number of sulfone groups is 1. The summed E-state index contributed by atoms with van der Waals surface area (Å²) >= 11 is 8.64. The molecule has 0 unspecified atom stereocenters. The normalized spacial score (nSPS) is 17.8. The number of rotatable bonds is 3. The van der Waals surface area contributed by atoms with Gasteiger partial charge < -0.3 is 5.32 Å². The van der Waals surface area contributed by atoms with E-state index in [1.807, 2.05) is 6.07 Å². The summed E-state index contributed by atoms with van der Waals surface area (Å²) in [6, 6.07) is 9.88. The van der Waals surface area contributed by atoms with Gasteiger partial charge in [0.1, 0.15) is 9.88 Å².